The van der Waals surface area contributed by atoms with E-state index in [1.54, 1.807) is 0 Å². The first-order chi connectivity index (χ1) is 18.1. The Morgan fingerprint density at radius 2 is 1.51 bits per heavy atom. The van der Waals surface area contributed by atoms with Crippen LogP contribution in [0.2, 0.25) is 0 Å². The fraction of sp³-hybridized carbons (Fsp3) is 0.433. The van der Waals surface area contributed by atoms with Crippen LogP contribution in [0.3, 0.4) is 0 Å². The fourth-order valence-electron chi connectivity index (χ4n) is 5.82. The Morgan fingerprint density at radius 3 is 2.30 bits per heavy atom. The van der Waals surface area contributed by atoms with Crippen LogP contribution in [0.1, 0.15) is 44.1 Å². The second-order valence-electron chi connectivity index (χ2n) is 10.8. The zero-order valence-electron chi connectivity index (χ0n) is 21.9. The van der Waals surface area contributed by atoms with Crippen LogP contribution in [-0.4, -0.2) is 62.5 Å². The number of hydrogen-bond donors (Lipinski definition) is 2. The summed E-state index contributed by atoms with van der Waals surface area (Å²) in [6, 6.07) is 16.4. The maximum Gasteiger partial charge on any atom is 0.223 e. The molecule has 1 saturated heterocycles. The van der Waals surface area contributed by atoms with Gasteiger partial charge in [-0.05, 0) is 94.4 Å². The Labute approximate surface area is 219 Å². The molecule has 0 bridgehead atoms. The summed E-state index contributed by atoms with van der Waals surface area (Å²) in [5.41, 5.74) is 6.21. The molecule has 2 N–H and O–H groups in total. The van der Waals surface area contributed by atoms with Crippen LogP contribution in [0.15, 0.2) is 61.1 Å². The van der Waals surface area contributed by atoms with E-state index in [2.05, 4.69) is 86.5 Å². The summed E-state index contributed by atoms with van der Waals surface area (Å²) in [5.74, 6) is 0.710. The number of anilines is 1. The van der Waals surface area contributed by atoms with Gasteiger partial charge in [0, 0.05) is 30.5 Å². The number of nitrogens with one attached hydrogen (secondary N) is 2. The van der Waals surface area contributed by atoms with Crippen LogP contribution in [0.25, 0.3) is 28.2 Å². The van der Waals surface area contributed by atoms with E-state index >= 15 is 0 Å². The minimum absolute atomic E-state index is 0.415. The van der Waals surface area contributed by atoms with Crippen molar-refractivity contribution in [2.24, 2.45) is 0 Å². The normalized spacial score (nSPS) is 21.4. The molecular formula is C30H37N7. The Morgan fingerprint density at radius 1 is 0.784 bits per heavy atom. The molecule has 0 unspecified atom stereocenters. The van der Waals surface area contributed by atoms with Crippen LogP contribution in [0.5, 0.6) is 0 Å². The van der Waals surface area contributed by atoms with Crippen LogP contribution in [0.4, 0.5) is 5.95 Å². The third kappa shape index (κ3) is 5.38. The van der Waals surface area contributed by atoms with Crippen molar-refractivity contribution in [1.82, 2.24) is 29.6 Å². The molecule has 4 aromatic rings. The molecular weight excluding hydrogens is 458 g/mol. The quantitative estimate of drug-likeness (QED) is 0.384. The molecule has 1 saturated carbocycles. The molecule has 37 heavy (non-hydrogen) atoms. The number of aryl methyl sites for hydroxylation is 1. The maximum atomic E-state index is 4.98. The SMILES string of the molecule is Cc1cnc(NC2CCC(NC3CCN(C)CC3)CC2)nc1-c1cnc2ccc(-c3ccccc3)cn12. The summed E-state index contributed by atoms with van der Waals surface area (Å²) in [6.07, 6.45) is 13.2. The van der Waals surface area contributed by atoms with Gasteiger partial charge >= 0.3 is 0 Å². The number of fused-ring (bicyclic) bond motifs is 1. The van der Waals surface area contributed by atoms with Crippen molar-refractivity contribution in [2.75, 3.05) is 25.5 Å². The zero-order chi connectivity index (χ0) is 25.2. The summed E-state index contributed by atoms with van der Waals surface area (Å²) in [5, 5.41) is 7.58. The molecule has 1 aliphatic carbocycles. The highest BCUT2D eigenvalue weighted by Gasteiger charge is 2.25. The van der Waals surface area contributed by atoms with E-state index in [1.165, 1.54) is 44.3 Å². The smallest absolute Gasteiger partial charge is 0.223 e. The van der Waals surface area contributed by atoms with Crippen molar-refractivity contribution in [2.45, 2.75) is 63.6 Å². The van der Waals surface area contributed by atoms with Crippen LogP contribution in [-0.2, 0) is 0 Å². The summed E-state index contributed by atoms with van der Waals surface area (Å²) in [6.45, 7) is 4.49. The highest BCUT2D eigenvalue weighted by Crippen LogP contribution is 2.28. The molecule has 2 aliphatic rings. The maximum absolute atomic E-state index is 4.98. The topological polar surface area (TPSA) is 70.4 Å². The Kier molecular flexibility index (Phi) is 6.89. The highest BCUT2D eigenvalue weighted by molar-refractivity contribution is 5.69. The number of nitrogens with zero attached hydrogens (tertiary/aromatic N) is 5. The number of piperidine rings is 1. The van der Waals surface area contributed by atoms with Gasteiger partial charge in [0.25, 0.3) is 0 Å². The number of pyridine rings is 1. The Bertz CT molecular complexity index is 1330. The van der Waals surface area contributed by atoms with Crippen molar-refractivity contribution >= 4 is 11.6 Å². The van der Waals surface area contributed by atoms with Crippen LogP contribution in [0, 0.1) is 6.92 Å². The van der Waals surface area contributed by atoms with Crippen molar-refractivity contribution in [1.29, 1.82) is 0 Å². The largest absolute Gasteiger partial charge is 0.351 e. The van der Waals surface area contributed by atoms with Gasteiger partial charge in [0.15, 0.2) is 0 Å². The number of imidazole rings is 1. The van der Waals surface area contributed by atoms with Gasteiger partial charge in [0.1, 0.15) is 5.65 Å². The van der Waals surface area contributed by atoms with E-state index in [-0.39, 0.29) is 0 Å². The lowest BCUT2D eigenvalue weighted by atomic mass is 9.90. The Balaban J connectivity index is 1.15. The number of hydrogen-bond acceptors (Lipinski definition) is 6. The van der Waals surface area contributed by atoms with E-state index in [4.69, 9.17) is 4.98 Å². The van der Waals surface area contributed by atoms with Crippen molar-refractivity contribution < 1.29 is 0 Å². The van der Waals surface area contributed by atoms with Gasteiger partial charge in [-0.1, -0.05) is 30.3 Å². The molecule has 3 aromatic heterocycles. The van der Waals surface area contributed by atoms with Crippen LogP contribution < -0.4 is 10.6 Å². The standard InChI is InChI=1S/C30H37N7/c1-21-18-32-30(34-25-11-9-24(10-12-25)33-26-14-16-36(2)17-15-26)35-29(21)27-19-31-28-13-8-23(20-37(27)28)22-6-4-3-5-7-22/h3-8,13,18-20,24-26,33H,9-12,14-17H2,1-2H3,(H,32,34,35). The summed E-state index contributed by atoms with van der Waals surface area (Å²) in [4.78, 5) is 16.7. The van der Waals surface area contributed by atoms with Gasteiger partial charge in [-0.25, -0.2) is 15.0 Å². The van der Waals surface area contributed by atoms with E-state index in [0.29, 0.717) is 24.1 Å². The van der Waals surface area contributed by atoms with Crippen molar-refractivity contribution in [3.63, 3.8) is 0 Å². The van der Waals surface area contributed by atoms with Gasteiger partial charge in [0.05, 0.1) is 17.6 Å². The van der Waals surface area contributed by atoms with Gasteiger partial charge in [-0.2, -0.15) is 0 Å². The molecule has 1 aliphatic heterocycles. The van der Waals surface area contributed by atoms with Crippen molar-refractivity contribution in [3.8, 4) is 22.5 Å². The number of benzene rings is 1. The first-order valence-corrected chi connectivity index (χ1v) is 13.7. The van der Waals surface area contributed by atoms with E-state index in [1.807, 2.05) is 18.5 Å². The van der Waals surface area contributed by atoms with Gasteiger partial charge in [-0.3, -0.25) is 4.40 Å². The molecule has 192 valence electrons. The second kappa shape index (κ2) is 10.6. The van der Waals surface area contributed by atoms with Gasteiger partial charge < -0.3 is 15.5 Å². The van der Waals surface area contributed by atoms with Gasteiger partial charge in [0.2, 0.25) is 5.95 Å². The predicted octanol–water partition coefficient (Wildman–Crippen LogP) is 5.17. The van der Waals surface area contributed by atoms with Gasteiger partial charge in [-0.15, -0.1) is 0 Å². The van der Waals surface area contributed by atoms with Crippen LogP contribution >= 0.6 is 0 Å². The average molecular weight is 496 g/mol. The van der Waals surface area contributed by atoms with E-state index in [9.17, 15) is 0 Å². The predicted molar refractivity (Wildman–Crippen MR) is 150 cm³/mol. The van der Waals surface area contributed by atoms with Crippen molar-refractivity contribution in [3.05, 3.63) is 66.6 Å². The lowest BCUT2D eigenvalue weighted by Gasteiger charge is -2.35. The number of aromatic nitrogens is 4. The molecule has 0 radical (unpaired) electrons. The van der Waals surface area contributed by atoms with E-state index < -0.39 is 0 Å². The first-order valence-electron chi connectivity index (χ1n) is 13.7. The third-order valence-electron chi connectivity index (χ3n) is 8.08. The Hall–Kier alpha value is -3.29. The lowest BCUT2D eigenvalue weighted by molar-refractivity contribution is 0.211. The zero-order valence-corrected chi connectivity index (χ0v) is 21.9. The molecule has 7 nitrogen and oxygen atoms in total. The third-order valence-corrected chi connectivity index (χ3v) is 8.08. The molecule has 1 aromatic carbocycles. The second-order valence-corrected chi connectivity index (χ2v) is 10.8. The fourth-order valence-corrected chi connectivity index (χ4v) is 5.82. The summed E-state index contributed by atoms with van der Waals surface area (Å²) < 4.78 is 2.14. The monoisotopic (exact) mass is 495 g/mol. The number of rotatable bonds is 6. The molecule has 6 rings (SSSR count). The molecule has 2 fully saturated rings. The lowest BCUT2D eigenvalue weighted by Crippen LogP contribution is -2.47. The first kappa shape index (κ1) is 24.1. The molecule has 0 spiro atoms. The summed E-state index contributed by atoms with van der Waals surface area (Å²) >= 11 is 0. The number of likely N-dealkylation sites (tertiary alicyclic amines) is 1. The average Bonchev–Trinajstić information content (AvgIpc) is 3.36. The van der Waals surface area contributed by atoms with E-state index in [0.717, 1.165) is 41.0 Å². The highest BCUT2D eigenvalue weighted by atomic mass is 15.1. The minimum atomic E-state index is 0.415. The minimum Gasteiger partial charge on any atom is -0.351 e. The molecule has 4 heterocycles. The summed E-state index contributed by atoms with van der Waals surface area (Å²) in [7, 11) is 2.23. The molecule has 0 amide bonds. The molecule has 0 atom stereocenters. The molecule has 7 heteroatoms.